The maximum atomic E-state index is 9.29. The van der Waals surface area contributed by atoms with Gasteiger partial charge in [-0.15, -0.1) is 5.73 Å². The van der Waals surface area contributed by atoms with Crippen molar-refractivity contribution in [1.82, 2.24) is 0 Å². The second-order valence-electron chi connectivity index (χ2n) is 4.62. The predicted octanol–water partition coefficient (Wildman–Crippen LogP) is 0.0776. The third-order valence-electron chi connectivity index (χ3n) is 3.07. The molecule has 0 spiro atoms. The quantitative estimate of drug-likeness (QED) is 0.569. The lowest BCUT2D eigenvalue weighted by Crippen LogP contribution is -2.45. The third kappa shape index (κ3) is 2.16. The normalized spacial score (nSPS) is 42.4. The Hall–Kier alpha value is -0.615. The van der Waals surface area contributed by atoms with Gasteiger partial charge in [-0.3, -0.25) is 0 Å². The molecule has 2 aliphatic heterocycles. The Morgan fingerprint density at radius 2 is 2.22 bits per heavy atom. The average Bonchev–Trinajstić information content (AvgIpc) is 2.83. The number of hydrogen-bond acceptors (Lipinski definition) is 5. The highest BCUT2D eigenvalue weighted by Crippen LogP contribution is 2.43. The summed E-state index contributed by atoms with van der Waals surface area (Å²) >= 11 is 0. The molecule has 98 valence electrons. The molecular weight excluding hydrogens is 235 g/mol. The molecule has 0 saturated carbocycles. The lowest BCUT2D eigenvalue weighted by molar-refractivity contribution is -0.254. The summed E-state index contributed by atoms with van der Waals surface area (Å²) in [6.45, 7) is 2.82. The van der Waals surface area contributed by atoms with Crippen LogP contribution in [0.2, 0.25) is 0 Å². The Labute approximate surface area is 108 Å². The van der Waals surface area contributed by atoms with Crippen LogP contribution in [-0.4, -0.2) is 57.0 Å². The lowest BCUT2D eigenvalue weighted by Gasteiger charge is -2.25. The van der Waals surface area contributed by atoms with Crippen LogP contribution >= 0.6 is 0 Å². The topological polar surface area (TPSA) is 57.2 Å². The zero-order chi connectivity index (χ0) is 13.3. The third-order valence-corrected chi connectivity index (χ3v) is 3.07. The van der Waals surface area contributed by atoms with Gasteiger partial charge in [0.1, 0.15) is 25.7 Å². The number of hydrogen-bond donors (Lipinski definition) is 1. The molecule has 2 heterocycles. The van der Waals surface area contributed by atoms with Gasteiger partial charge in [-0.2, -0.15) is 0 Å². The van der Waals surface area contributed by atoms with E-state index in [2.05, 4.69) is 5.73 Å². The number of rotatable bonds is 3. The van der Waals surface area contributed by atoms with E-state index in [0.29, 0.717) is 0 Å². The molecule has 2 radical (unpaired) electrons. The summed E-state index contributed by atoms with van der Waals surface area (Å²) in [4.78, 5) is 0. The van der Waals surface area contributed by atoms with Crippen LogP contribution in [0, 0.1) is 0 Å². The summed E-state index contributed by atoms with van der Waals surface area (Å²) in [7, 11) is 7.43. The van der Waals surface area contributed by atoms with Gasteiger partial charge in [0.15, 0.2) is 0 Å². The van der Waals surface area contributed by atoms with Gasteiger partial charge in [0.2, 0.25) is 0 Å². The monoisotopic (exact) mass is 252 g/mol. The molecule has 2 aliphatic rings. The minimum Gasteiger partial charge on any atom is -0.394 e. The van der Waals surface area contributed by atoms with Gasteiger partial charge in [0, 0.05) is 7.11 Å². The minimum atomic E-state index is -0.967. The summed E-state index contributed by atoms with van der Waals surface area (Å²) in [6, 6.07) is -0.730. The first-order chi connectivity index (χ1) is 8.53. The Morgan fingerprint density at radius 1 is 1.50 bits per heavy atom. The van der Waals surface area contributed by atoms with Gasteiger partial charge < -0.3 is 24.1 Å². The first-order valence-electron chi connectivity index (χ1n) is 5.82. The molecule has 0 amide bonds. The molecule has 2 unspecified atom stereocenters. The minimum absolute atomic E-state index is 0.192. The molecule has 0 aromatic carbocycles. The van der Waals surface area contributed by atoms with E-state index in [-0.39, 0.29) is 6.61 Å². The van der Waals surface area contributed by atoms with Crippen LogP contribution < -0.4 is 0 Å². The highest BCUT2D eigenvalue weighted by molar-refractivity contribution is 6.12. The number of aliphatic hydroxyl groups excluding tert-OH is 1. The number of ether oxygens (including phenoxy) is 4. The first kappa shape index (κ1) is 13.8. The maximum Gasteiger partial charge on any atom is 0.272 e. The van der Waals surface area contributed by atoms with Crippen LogP contribution in [0.15, 0.2) is 17.4 Å². The van der Waals surface area contributed by atoms with E-state index >= 15 is 0 Å². The number of methoxy groups -OCH3 is 1. The fourth-order valence-electron chi connectivity index (χ4n) is 2.16. The Kier molecular flexibility index (Phi) is 3.97. The van der Waals surface area contributed by atoms with Gasteiger partial charge in [-0.05, 0) is 25.5 Å². The van der Waals surface area contributed by atoms with Crippen LogP contribution in [0.5, 0.6) is 0 Å². The van der Waals surface area contributed by atoms with Crippen molar-refractivity contribution in [3.63, 3.8) is 0 Å². The summed E-state index contributed by atoms with van der Waals surface area (Å²) in [5.74, 6) is 0. The Balaban J connectivity index is 2.36. The van der Waals surface area contributed by atoms with Gasteiger partial charge >= 0.3 is 0 Å². The molecular formula is C12H17BO5. The number of fused-ring (bicyclic) bond motifs is 1. The zero-order valence-corrected chi connectivity index (χ0v) is 10.8. The van der Waals surface area contributed by atoms with Crippen LogP contribution in [-0.2, 0) is 18.9 Å². The van der Waals surface area contributed by atoms with Crippen molar-refractivity contribution < 1.29 is 24.1 Å². The Bertz CT molecular complexity index is 375. The van der Waals surface area contributed by atoms with Gasteiger partial charge in [0.25, 0.3) is 6.48 Å². The van der Waals surface area contributed by atoms with Crippen LogP contribution in [0.4, 0.5) is 0 Å². The molecule has 0 aromatic heterocycles. The summed E-state index contributed by atoms with van der Waals surface area (Å²) in [5, 5.41) is 9.29. The van der Waals surface area contributed by atoms with Crippen molar-refractivity contribution in [2.75, 3.05) is 13.7 Å². The van der Waals surface area contributed by atoms with Crippen molar-refractivity contribution in [3.8, 4) is 0 Å². The van der Waals surface area contributed by atoms with E-state index in [0.717, 1.165) is 5.57 Å². The number of aliphatic hydroxyl groups is 1. The maximum absolute atomic E-state index is 9.29. The van der Waals surface area contributed by atoms with Crippen molar-refractivity contribution in [3.05, 3.63) is 17.4 Å². The molecule has 2 rings (SSSR count). The van der Waals surface area contributed by atoms with Gasteiger partial charge in [-0.25, -0.2) is 0 Å². The smallest absolute Gasteiger partial charge is 0.272 e. The van der Waals surface area contributed by atoms with Crippen molar-refractivity contribution >= 4 is 7.85 Å². The molecule has 18 heavy (non-hydrogen) atoms. The molecule has 6 heteroatoms. The predicted molar refractivity (Wildman–Crippen MR) is 63.9 cm³/mol. The lowest BCUT2D eigenvalue weighted by atomic mass is 9.80. The van der Waals surface area contributed by atoms with Crippen molar-refractivity contribution in [2.45, 2.75) is 44.1 Å². The van der Waals surface area contributed by atoms with Gasteiger partial charge in [0.05, 0.1) is 12.6 Å². The van der Waals surface area contributed by atoms with E-state index < -0.39 is 30.3 Å². The fourth-order valence-corrected chi connectivity index (χ4v) is 2.16. The summed E-state index contributed by atoms with van der Waals surface area (Å²) in [6.07, 6.45) is 0.663. The SMILES string of the molecule is [B][C@@H]1O[C@H](CO)C2OC(OC)O[C@]21C=C=C(C)C. The van der Waals surface area contributed by atoms with E-state index in [1.54, 1.807) is 6.08 Å². The molecule has 1 N–H and O–H groups in total. The molecule has 5 nitrogen and oxygen atoms in total. The fraction of sp³-hybridized carbons (Fsp3) is 0.750. The van der Waals surface area contributed by atoms with Gasteiger partial charge in [-0.1, -0.05) is 0 Å². The largest absolute Gasteiger partial charge is 0.394 e. The van der Waals surface area contributed by atoms with Crippen LogP contribution in [0.3, 0.4) is 0 Å². The van der Waals surface area contributed by atoms with Crippen molar-refractivity contribution in [1.29, 1.82) is 0 Å². The molecule has 5 atom stereocenters. The zero-order valence-electron chi connectivity index (χ0n) is 10.8. The molecule has 2 saturated heterocycles. The van der Waals surface area contributed by atoms with Crippen LogP contribution in [0.25, 0.3) is 0 Å². The van der Waals surface area contributed by atoms with E-state index in [4.69, 9.17) is 26.8 Å². The standard InChI is InChI=1S/C12H17BO5/c1-7(2)4-5-12-9(17-11(15-3)18-12)8(6-14)16-10(12)13/h5,8-11,14H,6H2,1-3H3/t8-,9?,10-,11?,12-/m1/s1. The van der Waals surface area contributed by atoms with E-state index in [9.17, 15) is 5.11 Å². The molecule has 0 aromatic rings. The highest BCUT2D eigenvalue weighted by atomic mass is 16.9. The molecule has 2 fully saturated rings. The molecule has 0 aliphatic carbocycles. The highest BCUT2D eigenvalue weighted by Gasteiger charge is 2.61. The molecule has 0 bridgehead atoms. The first-order valence-corrected chi connectivity index (χ1v) is 5.82. The van der Waals surface area contributed by atoms with E-state index in [1.165, 1.54) is 7.11 Å². The van der Waals surface area contributed by atoms with Crippen LogP contribution in [0.1, 0.15) is 13.8 Å². The second-order valence-corrected chi connectivity index (χ2v) is 4.62. The summed E-state index contributed by atoms with van der Waals surface area (Å²) in [5.41, 5.74) is 3.07. The summed E-state index contributed by atoms with van der Waals surface area (Å²) < 4.78 is 21.7. The second kappa shape index (κ2) is 5.17. The van der Waals surface area contributed by atoms with E-state index in [1.807, 2.05) is 13.8 Å². The van der Waals surface area contributed by atoms with Crippen molar-refractivity contribution in [2.24, 2.45) is 0 Å². The average molecular weight is 252 g/mol. The Morgan fingerprint density at radius 3 is 2.78 bits per heavy atom.